The van der Waals surface area contributed by atoms with Crippen LogP contribution >= 0.6 is 11.3 Å². The first-order chi connectivity index (χ1) is 14.6. The highest BCUT2D eigenvalue weighted by molar-refractivity contribution is 7.17. The molecule has 1 aromatic carbocycles. The van der Waals surface area contributed by atoms with Crippen LogP contribution in [0.25, 0.3) is 10.2 Å². The third-order valence-corrected chi connectivity index (χ3v) is 6.06. The molecule has 8 nitrogen and oxygen atoms in total. The summed E-state index contributed by atoms with van der Waals surface area (Å²) in [5.74, 6) is 0.360. The fourth-order valence-corrected chi connectivity index (χ4v) is 4.45. The molecule has 1 aliphatic rings. The third kappa shape index (κ3) is 4.17. The molecule has 1 atom stereocenters. The molecule has 3 heterocycles. The number of amides is 1. The van der Waals surface area contributed by atoms with Gasteiger partial charge in [-0.25, -0.2) is 4.79 Å². The zero-order valence-corrected chi connectivity index (χ0v) is 17.4. The van der Waals surface area contributed by atoms with Gasteiger partial charge < -0.3 is 14.8 Å². The first-order valence-corrected chi connectivity index (χ1v) is 10.7. The van der Waals surface area contributed by atoms with Crippen molar-refractivity contribution in [1.29, 1.82) is 0 Å². The van der Waals surface area contributed by atoms with Crippen molar-refractivity contribution < 1.29 is 14.3 Å². The van der Waals surface area contributed by atoms with Gasteiger partial charge in [0, 0.05) is 13.2 Å². The topological polar surface area (TPSA) is 91.6 Å². The van der Waals surface area contributed by atoms with E-state index in [1.807, 2.05) is 6.07 Å². The Kier molecular flexibility index (Phi) is 6.01. The van der Waals surface area contributed by atoms with Crippen molar-refractivity contribution in [2.45, 2.75) is 32.0 Å². The highest BCUT2D eigenvalue weighted by Crippen LogP contribution is 2.17. The molecular weight excluding hydrogens is 406 g/mol. The number of nitrogens with one attached hydrogen (secondary N) is 1. The van der Waals surface area contributed by atoms with E-state index in [1.54, 1.807) is 36.8 Å². The first kappa shape index (κ1) is 20.4. The molecule has 1 amide bonds. The number of ether oxygens (including phenoxy) is 2. The highest BCUT2D eigenvalue weighted by atomic mass is 32.1. The Morgan fingerprint density at radius 3 is 2.93 bits per heavy atom. The van der Waals surface area contributed by atoms with Gasteiger partial charge in [-0.15, -0.1) is 11.3 Å². The van der Waals surface area contributed by atoms with Crippen LogP contribution in [0.1, 0.15) is 18.4 Å². The van der Waals surface area contributed by atoms with E-state index < -0.39 is 5.69 Å². The second-order valence-corrected chi connectivity index (χ2v) is 8.10. The molecule has 2 aromatic heterocycles. The van der Waals surface area contributed by atoms with Crippen LogP contribution in [0.2, 0.25) is 0 Å². The van der Waals surface area contributed by atoms with Gasteiger partial charge >= 0.3 is 5.69 Å². The summed E-state index contributed by atoms with van der Waals surface area (Å²) in [6.45, 7) is 1.08. The van der Waals surface area contributed by atoms with E-state index in [2.05, 4.69) is 5.32 Å². The number of fused-ring (bicyclic) bond motifs is 1. The molecule has 1 N–H and O–H groups in total. The standard InChI is InChI=1S/C21H23N3O5S/c1-28-15-5-2-4-14(10-15)12-24-20(26)19-17(7-9-30-19)23(21(24)27)13-18(25)22-11-16-6-3-8-29-16/h2,4-5,7,9-10,16H,3,6,8,11-13H2,1H3,(H,22,25)/t16-/m0/s1. The number of carbonyl (C=O) groups excluding carboxylic acids is 1. The molecule has 0 radical (unpaired) electrons. The lowest BCUT2D eigenvalue weighted by Crippen LogP contribution is -2.43. The molecule has 4 rings (SSSR count). The van der Waals surface area contributed by atoms with Crippen LogP contribution in [0.4, 0.5) is 0 Å². The van der Waals surface area contributed by atoms with E-state index in [9.17, 15) is 14.4 Å². The monoisotopic (exact) mass is 429 g/mol. The zero-order valence-electron chi connectivity index (χ0n) is 16.6. The summed E-state index contributed by atoms with van der Waals surface area (Å²) in [5.41, 5.74) is 0.368. The number of benzene rings is 1. The summed E-state index contributed by atoms with van der Waals surface area (Å²) in [6, 6.07) is 8.91. The summed E-state index contributed by atoms with van der Waals surface area (Å²) in [5, 5.41) is 4.58. The predicted molar refractivity (Wildman–Crippen MR) is 114 cm³/mol. The van der Waals surface area contributed by atoms with Crippen molar-refractivity contribution in [2.24, 2.45) is 0 Å². The van der Waals surface area contributed by atoms with Crippen LogP contribution in [-0.2, 0) is 22.6 Å². The summed E-state index contributed by atoms with van der Waals surface area (Å²) in [4.78, 5) is 38.6. The molecule has 1 fully saturated rings. The van der Waals surface area contributed by atoms with Crippen LogP contribution in [0.3, 0.4) is 0 Å². The van der Waals surface area contributed by atoms with E-state index in [1.165, 1.54) is 20.5 Å². The van der Waals surface area contributed by atoms with Crippen molar-refractivity contribution in [1.82, 2.24) is 14.5 Å². The minimum Gasteiger partial charge on any atom is -0.497 e. The number of aromatic nitrogens is 2. The van der Waals surface area contributed by atoms with E-state index in [0.29, 0.717) is 29.1 Å². The predicted octanol–water partition coefficient (Wildman–Crippen LogP) is 1.58. The number of hydrogen-bond acceptors (Lipinski definition) is 6. The molecule has 9 heteroatoms. The molecular formula is C21H23N3O5S. The van der Waals surface area contributed by atoms with Gasteiger partial charge in [-0.05, 0) is 42.0 Å². The lowest BCUT2D eigenvalue weighted by Gasteiger charge is -2.14. The molecule has 0 aliphatic carbocycles. The lowest BCUT2D eigenvalue weighted by atomic mass is 10.2. The Hall–Kier alpha value is -2.91. The molecule has 30 heavy (non-hydrogen) atoms. The van der Waals surface area contributed by atoms with Crippen molar-refractivity contribution in [3.63, 3.8) is 0 Å². The van der Waals surface area contributed by atoms with Gasteiger partial charge in [-0.2, -0.15) is 0 Å². The molecule has 158 valence electrons. The van der Waals surface area contributed by atoms with Gasteiger partial charge in [0.1, 0.15) is 17.0 Å². The van der Waals surface area contributed by atoms with Crippen molar-refractivity contribution in [3.8, 4) is 5.75 Å². The van der Waals surface area contributed by atoms with E-state index in [-0.39, 0.29) is 30.7 Å². The van der Waals surface area contributed by atoms with Crippen molar-refractivity contribution >= 4 is 27.5 Å². The zero-order chi connectivity index (χ0) is 21.1. The van der Waals surface area contributed by atoms with Crippen LogP contribution in [0.5, 0.6) is 5.75 Å². The Labute approximate surface area is 176 Å². The van der Waals surface area contributed by atoms with Crippen molar-refractivity contribution in [2.75, 3.05) is 20.3 Å². The number of hydrogen-bond donors (Lipinski definition) is 1. The molecule has 1 aliphatic heterocycles. The van der Waals surface area contributed by atoms with Gasteiger partial charge in [-0.1, -0.05) is 12.1 Å². The van der Waals surface area contributed by atoms with Crippen LogP contribution < -0.4 is 21.3 Å². The van der Waals surface area contributed by atoms with Gasteiger partial charge in [-0.3, -0.25) is 18.7 Å². The molecule has 0 bridgehead atoms. The first-order valence-electron chi connectivity index (χ1n) is 9.79. The number of methoxy groups -OCH3 is 1. The number of nitrogens with zero attached hydrogens (tertiary/aromatic N) is 2. The average molecular weight is 429 g/mol. The van der Waals surface area contributed by atoms with Gasteiger partial charge in [0.05, 0.1) is 25.3 Å². The fourth-order valence-electron chi connectivity index (χ4n) is 3.61. The van der Waals surface area contributed by atoms with E-state index in [4.69, 9.17) is 9.47 Å². The Balaban J connectivity index is 1.64. The Morgan fingerprint density at radius 1 is 1.30 bits per heavy atom. The highest BCUT2D eigenvalue weighted by Gasteiger charge is 2.19. The SMILES string of the molecule is COc1cccc(Cn2c(=O)c3sccc3n(CC(=O)NC[C@@H]3CCCO3)c2=O)c1. The van der Waals surface area contributed by atoms with Crippen molar-refractivity contribution in [3.05, 3.63) is 62.1 Å². The van der Waals surface area contributed by atoms with Crippen LogP contribution in [0, 0.1) is 0 Å². The van der Waals surface area contributed by atoms with Gasteiger partial charge in [0.25, 0.3) is 5.56 Å². The second kappa shape index (κ2) is 8.85. The lowest BCUT2D eigenvalue weighted by molar-refractivity contribution is -0.122. The minimum atomic E-state index is -0.513. The van der Waals surface area contributed by atoms with Crippen LogP contribution in [0.15, 0.2) is 45.3 Å². The second-order valence-electron chi connectivity index (χ2n) is 7.19. The summed E-state index contributed by atoms with van der Waals surface area (Å²) < 4.78 is 13.7. The molecule has 3 aromatic rings. The maximum absolute atomic E-state index is 13.2. The quantitative estimate of drug-likeness (QED) is 0.616. The smallest absolute Gasteiger partial charge is 0.332 e. The Bertz CT molecular complexity index is 1170. The third-order valence-electron chi connectivity index (χ3n) is 5.16. The fraction of sp³-hybridized carbons (Fsp3) is 0.381. The minimum absolute atomic E-state index is 0.0221. The van der Waals surface area contributed by atoms with Gasteiger partial charge in [0.2, 0.25) is 5.91 Å². The molecule has 1 saturated heterocycles. The Morgan fingerprint density at radius 2 is 2.17 bits per heavy atom. The van der Waals surface area contributed by atoms with E-state index in [0.717, 1.165) is 18.4 Å². The maximum Gasteiger partial charge on any atom is 0.332 e. The largest absolute Gasteiger partial charge is 0.497 e. The summed E-state index contributed by atoms with van der Waals surface area (Å²) in [6.07, 6.45) is 1.93. The maximum atomic E-state index is 13.2. The number of rotatable bonds is 7. The number of thiophene rings is 1. The molecule has 0 saturated carbocycles. The van der Waals surface area contributed by atoms with E-state index >= 15 is 0 Å². The molecule has 0 unspecified atom stereocenters. The average Bonchev–Trinajstić information content (AvgIpc) is 3.45. The summed E-state index contributed by atoms with van der Waals surface area (Å²) in [7, 11) is 1.56. The van der Waals surface area contributed by atoms with Gasteiger partial charge in [0.15, 0.2) is 0 Å². The molecule has 0 spiro atoms. The number of carbonyl (C=O) groups is 1. The summed E-state index contributed by atoms with van der Waals surface area (Å²) >= 11 is 1.26. The van der Waals surface area contributed by atoms with Crippen LogP contribution in [-0.4, -0.2) is 41.4 Å². The normalized spacial score (nSPS) is 16.1.